The molecule has 3 aliphatic rings. The summed E-state index contributed by atoms with van der Waals surface area (Å²) in [7, 11) is 0. The van der Waals surface area contributed by atoms with Crippen molar-refractivity contribution in [1.29, 1.82) is 0 Å². The van der Waals surface area contributed by atoms with Gasteiger partial charge >= 0.3 is 0 Å². The molecule has 8 rings (SSSR count). The predicted octanol–water partition coefficient (Wildman–Crippen LogP) is 4.58. The molecule has 0 unspecified atom stereocenters. The molecule has 0 aromatic carbocycles. The lowest BCUT2D eigenvalue weighted by atomic mass is 9.67. The standard InChI is InChI=1S/C26H24N8O2/c1-14-5-10-19(28-15(14)2)13-35-25-21-17-8-6-16(7-9-17)20(21)23-30-31-24(34(23)32-25)26-29-22(33-36-26)18-4-3-11-27-12-18/h3-5,10-12,16-17H,6-9,13H2,1-2H3. The maximum atomic E-state index is 6.36. The molecule has 5 heterocycles. The zero-order valence-electron chi connectivity index (χ0n) is 20.0. The number of pyridine rings is 2. The minimum Gasteiger partial charge on any atom is -0.470 e. The van der Waals surface area contributed by atoms with E-state index in [0.29, 0.717) is 36.0 Å². The van der Waals surface area contributed by atoms with Gasteiger partial charge in [0.25, 0.3) is 5.89 Å². The first-order chi connectivity index (χ1) is 17.7. The van der Waals surface area contributed by atoms with Crippen molar-refractivity contribution in [3.63, 3.8) is 0 Å². The number of aryl methyl sites for hydroxylation is 2. The fourth-order valence-electron chi connectivity index (χ4n) is 5.46. The van der Waals surface area contributed by atoms with Crippen LogP contribution < -0.4 is 4.74 Å². The van der Waals surface area contributed by atoms with Gasteiger partial charge in [-0.2, -0.15) is 9.50 Å². The van der Waals surface area contributed by atoms with Crippen molar-refractivity contribution in [3.05, 3.63) is 64.7 Å². The maximum Gasteiger partial charge on any atom is 0.298 e. The number of nitrogens with zero attached hydrogens (tertiary/aromatic N) is 8. The van der Waals surface area contributed by atoms with Crippen LogP contribution in [-0.4, -0.2) is 39.9 Å². The first-order valence-electron chi connectivity index (χ1n) is 12.3. The van der Waals surface area contributed by atoms with Crippen molar-refractivity contribution in [2.75, 3.05) is 0 Å². The number of hydrogen-bond donors (Lipinski definition) is 0. The molecule has 36 heavy (non-hydrogen) atoms. The zero-order chi connectivity index (χ0) is 24.2. The highest BCUT2D eigenvalue weighted by Crippen LogP contribution is 2.53. The third-order valence-electron chi connectivity index (χ3n) is 7.44. The van der Waals surface area contributed by atoms with Crippen molar-refractivity contribution in [2.45, 2.75) is 58.0 Å². The van der Waals surface area contributed by atoms with Crippen LogP contribution in [0, 0.1) is 13.8 Å². The Morgan fingerprint density at radius 3 is 2.61 bits per heavy atom. The maximum absolute atomic E-state index is 6.36. The summed E-state index contributed by atoms with van der Waals surface area (Å²) in [5.41, 5.74) is 6.91. The molecular weight excluding hydrogens is 456 g/mol. The Morgan fingerprint density at radius 1 is 1.00 bits per heavy atom. The van der Waals surface area contributed by atoms with E-state index in [2.05, 4.69) is 43.3 Å². The van der Waals surface area contributed by atoms with Crippen LogP contribution in [0.2, 0.25) is 0 Å². The Labute approximate surface area is 206 Å². The van der Waals surface area contributed by atoms with Crippen molar-refractivity contribution >= 4 is 5.65 Å². The highest BCUT2D eigenvalue weighted by atomic mass is 16.5. The molecule has 5 aromatic heterocycles. The Morgan fingerprint density at radius 2 is 1.83 bits per heavy atom. The highest BCUT2D eigenvalue weighted by molar-refractivity contribution is 5.63. The number of aromatic nitrogens is 8. The van der Waals surface area contributed by atoms with E-state index in [-0.39, 0.29) is 5.89 Å². The number of fused-ring (bicyclic) bond motifs is 3. The average molecular weight is 481 g/mol. The molecule has 1 fully saturated rings. The molecule has 0 saturated heterocycles. The van der Waals surface area contributed by atoms with E-state index < -0.39 is 0 Å². The molecule has 0 aliphatic heterocycles. The largest absolute Gasteiger partial charge is 0.470 e. The monoisotopic (exact) mass is 480 g/mol. The molecular formula is C26H24N8O2. The van der Waals surface area contributed by atoms with Crippen LogP contribution in [0.1, 0.15) is 65.6 Å². The SMILES string of the molecule is Cc1ccc(COc2nn3c(-c4nc(-c5cccnc5)no4)nnc3c3c2C2CCC3CC2)nc1C. The lowest BCUT2D eigenvalue weighted by Crippen LogP contribution is -2.25. The van der Waals surface area contributed by atoms with Crippen LogP contribution in [0.3, 0.4) is 0 Å². The lowest BCUT2D eigenvalue weighted by Gasteiger charge is -2.38. The van der Waals surface area contributed by atoms with Crippen LogP contribution in [-0.2, 0) is 6.61 Å². The number of rotatable bonds is 5. The van der Waals surface area contributed by atoms with Gasteiger partial charge in [0.2, 0.25) is 17.5 Å². The summed E-state index contributed by atoms with van der Waals surface area (Å²) in [4.78, 5) is 13.3. The lowest BCUT2D eigenvalue weighted by molar-refractivity contribution is 0.264. The van der Waals surface area contributed by atoms with E-state index in [1.807, 2.05) is 25.1 Å². The van der Waals surface area contributed by atoms with Crippen molar-refractivity contribution in [2.24, 2.45) is 0 Å². The van der Waals surface area contributed by atoms with Crippen molar-refractivity contribution in [1.82, 2.24) is 39.9 Å². The normalized spacial score (nSPS) is 18.5. The Bertz CT molecular complexity index is 1580. The van der Waals surface area contributed by atoms with E-state index >= 15 is 0 Å². The molecule has 3 aliphatic carbocycles. The topological polar surface area (TPSA) is 117 Å². The quantitative estimate of drug-likeness (QED) is 0.356. The smallest absolute Gasteiger partial charge is 0.298 e. The van der Waals surface area contributed by atoms with Crippen LogP contribution in [0.15, 0.2) is 41.2 Å². The summed E-state index contributed by atoms with van der Waals surface area (Å²) in [5.74, 6) is 2.53. The minimum atomic E-state index is 0.247. The van der Waals surface area contributed by atoms with E-state index in [1.165, 1.54) is 11.1 Å². The third kappa shape index (κ3) is 3.35. The van der Waals surface area contributed by atoms with Gasteiger partial charge in [-0.25, -0.2) is 0 Å². The van der Waals surface area contributed by atoms with E-state index in [9.17, 15) is 0 Å². The van der Waals surface area contributed by atoms with Gasteiger partial charge in [0.05, 0.1) is 5.69 Å². The molecule has 5 aromatic rings. The van der Waals surface area contributed by atoms with Gasteiger partial charge in [-0.1, -0.05) is 11.2 Å². The molecule has 0 N–H and O–H groups in total. The van der Waals surface area contributed by atoms with Crippen LogP contribution in [0.5, 0.6) is 5.88 Å². The molecule has 10 heteroatoms. The van der Waals surface area contributed by atoms with Crippen LogP contribution >= 0.6 is 0 Å². The fourth-order valence-corrected chi connectivity index (χ4v) is 5.46. The van der Waals surface area contributed by atoms with Gasteiger partial charge in [-0.05, 0) is 75.1 Å². The van der Waals surface area contributed by atoms with E-state index in [1.54, 1.807) is 16.9 Å². The minimum absolute atomic E-state index is 0.247. The molecule has 0 spiro atoms. The summed E-state index contributed by atoms with van der Waals surface area (Å²) < 4.78 is 13.6. The van der Waals surface area contributed by atoms with Gasteiger partial charge in [0, 0.05) is 34.8 Å². The van der Waals surface area contributed by atoms with Gasteiger partial charge < -0.3 is 9.26 Å². The summed E-state index contributed by atoms with van der Waals surface area (Å²) in [6.45, 7) is 4.41. The molecule has 180 valence electrons. The zero-order valence-corrected chi connectivity index (χ0v) is 20.0. The van der Waals surface area contributed by atoms with Crippen molar-refractivity contribution < 1.29 is 9.26 Å². The Hall–Kier alpha value is -4.21. The molecule has 0 radical (unpaired) electrons. The third-order valence-corrected chi connectivity index (χ3v) is 7.44. The van der Waals surface area contributed by atoms with Gasteiger partial charge in [0.15, 0.2) is 5.65 Å². The number of ether oxygens (including phenoxy) is 1. The van der Waals surface area contributed by atoms with Crippen molar-refractivity contribution in [3.8, 4) is 29.0 Å². The second-order valence-corrected chi connectivity index (χ2v) is 9.60. The van der Waals surface area contributed by atoms with Gasteiger partial charge in [-0.3, -0.25) is 9.97 Å². The molecule has 2 bridgehead atoms. The molecule has 0 amide bonds. The van der Waals surface area contributed by atoms with Crippen LogP contribution in [0.4, 0.5) is 0 Å². The molecule has 0 atom stereocenters. The first kappa shape index (κ1) is 21.1. The van der Waals surface area contributed by atoms with Crippen LogP contribution in [0.25, 0.3) is 28.8 Å². The molecule has 10 nitrogen and oxygen atoms in total. The fraction of sp³-hybridized carbons (Fsp3) is 0.346. The van der Waals surface area contributed by atoms with Gasteiger partial charge in [0.1, 0.15) is 6.61 Å². The first-order valence-corrected chi connectivity index (χ1v) is 12.3. The highest BCUT2D eigenvalue weighted by Gasteiger charge is 2.39. The van der Waals surface area contributed by atoms with E-state index in [0.717, 1.165) is 53.8 Å². The summed E-state index contributed by atoms with van der Waals surface area (Å²) in [5, 5.41) is 17.9. The van der Waals surface area contributed by atoms with E-state index in [4.69, 9.17) is 14.4 Å². The van der Waals surface area contributed by atoms with Gasteiger partial charge in [-0.15, -0.1) is 15.3 Å². The summed E-state index contributed by atoms with van der Waals surface area (Å²) in [6.07, 6.45) is 7.97. The summed E-state index contributed by atoms with van der Waals surface area (Å²) >= 11 is 0. The predicted molar refractivity (Wildman–Crippen MR) is 129 cm³/mol. The Balaban J connectivity index is 1.32. The second-order valence-electron chi connectivity index (χ2n) is 9.60. The summed E-state index contributed by atoms with van der Waals surface area (Å²) in [6, 6.07) is 7.78. The number of hydrogen-bond acceptors (Lipinski definition) is 9. The Kier molecular flexibility index (Phi) is 4.80. The second kappa shape index (κ2) is 8.18. The average Bonchev–Trinajstić information content (AvgIpc) is 3.58. The molecule has 1 saturated carbocycles.